The Balaban J connectivity index is 0.000000305. The third kappa shape index (κ3) is 16.4. The maximum absolute atomic E-state index is 12.7. The molecule has 0 saturated carbocycles. The molecular weight excluding hydrogens is 929 g/mol. The summed E-state index contributed by atoms with van der Waals surface area (Å²) in [6, 6.07) is 21.9. The predicted molar refractivity (Wildman–Crippen MR) is 266 cm³/mol. The summed E-state index contributed by atoms with van der Waals surface area (Å²) >= 11 is 17.1. The first-order valence-electron chi connectivity index (χ1n) is 21.3. The van der Waals surface area contributed by atoms with Crippen LogP contribution in [0.1, 0.15) is 90.5 Å². The van der Waals surface area contributed by atoms with Crippen LogP contribution >= 0.6 is 30.6 Å². The number of nitrogens with zero attached hydrogens (tertiary/aromatic N) is 6. The van der Waals surface area contributed by atoms with Gasteiger partial charge in [0.2, 0.25) is 29.1 Å². The first-order valence-corrected chi connectivity index (χ1v) is 24.5. The van der Waals surface area contributed by atoms with Gasteiger partial charge in [0.25, 0.3) is 0 Å². The number of benzene rings is 4. The Bertz CT molecular complexity index is 2600. The second-order valence-electron chi connectivity index (χ2n) is 15.0. The highest BCUT2D eigenvalue weighted by atomic mass is 35.5. The quantitative estimate of drug-likeness (QED) is 0.0552. The van der Waals surface area contributed by atoms with Crippen molar-refractivity contribution in [2.24, 2.45) is 5.92 Å². The molecule has 0 aliphatic carbocycles. The third-order valence-corrected chi connectivity index (χ3v) is 11.4. The Kier molecular flexibility index (Phi) is 24.0. The summed E-state index contributed by atoms with van der Waals surface area (Å²) < 4.78 is 10.8. The summed E-state index contributed by atoms with van der Waals surface area (Å²) in [7, 11) is 1.00. The number of aromatic nitrogens is 2. The number of nitriles is 1. The molecule has 3 N–H and O–H groups in total. The molecule has 1 aromatic heterocycles. The molecule has 17 heteroatoms. The van der Waals surface area contributed by atoms with Gasteiger partial charge in [-0.15, -0.1) is 10.2 Å². The molecule has 4 aromatic carbocycles. The lowest BCUT2D eigenvalue weighted by atomic mass is 9.90. The van der Waals surface area contributed by atoms with Crippen molar-refractivity contribution in [3.8, 4) is 17.5 Å². The van der Waals surface area contributed by atoms with Gasteiger partial charge in [-0.1, -0.05) is 110 Å². The summed E-state index contributed by atoms with van der Waals surface area (Å²) in [5.41, 5.74) is 6.23. The van der Waals surface area contributed by atoms with Crippen LogP contribution in [0.15, 0.2) is 77.2 Å². The van der Waals surface area contributed by atoms with Crippen molar-refractivity contribution in [1.82, 2.24) is 15.5 Å². The predicted octanol–water partition coefficient (Wildman–Crippen LogP) is 11.4. The monoisotopic (exact) mass is 979 g/mol. The Morgan fingerprint density at radius 2 is 1.37 bits per heavy atom. The second kappa shape index (κ2) is 29.0. The lowest BCUT2D eigenvalue weighted by Gasteiger charge is -2.21. The Labute approximate surface area is 409 Å². The van der Waals surface area contributed by atoms with Crippen LogP contribution in [-0.2, 0) is 47.0 Å². The van der Waals surface area contributed by atoms with Crippen molar-refractivity contribution < 1.29 is 29.0 Å². The van der Waals surface area contributed by atoms with E-state index >= 15 is 0 Å². The molecule has 348 valence electrons. The first-order chi connectivity index (χ1) is 32.2. The average molecular weight is 981 g/mol. The van der Waals surface area contributed by atoms with E-state index in [0.717, 1.165) is 42.8 Å². The zero-order valence-electron chi connectivity index (χ0n) is 37.9. The van der Waals surface area contributed by atoms with Crippen molar-refractivity contribution in [3.63, 3.8) is 0 Å². The average Bonchev–Trinajstić information content (AvgIpc) is 4.09. The smallest absolute Gasteiger partial charge is 0.247 e. The summed E-state index contributed by atoms with van der Waals surface area (Å²) in [6.45, 7) is 32.2. The van der Waals surface area contributed by atoms with Crippen molar-refractivity contribution in [3.05, 3.63) is 156 Å². The number of ketones is 1. The van der Waals surface area contributed by atoms with E-state index in [1.165, 1.54) is 44.0 Å². The summed E-state index contributed by atoms with van der Waals surface area (Å²) in [5, 5.41) is 41.0. The molecule has 1 aliphatic rings. The van der Waals surface area contributed by atoms with Gasteiger partial charge < -0.3 is 24.7 Å². The molecule has 1 aliphatic heterocycles. The minimum atomic E-state index is -0.945. The van der Waals surface area contributed by atoms with Crippen molar-refractivity contribution in [2.45, 2.75) is 84.3 Å². The molecule has 4 atom stereocenters. The van der Waals surface area contributed by atoms with Crippen LogP contribution in [0.25, 0.3) is 26.0 Å². The van der Waals surface area contributed by atoms with Gasteiger partial charge in [0, 0.05) is 24.3 Å². The number of nitrogens with one attached hydrogen (secondary N) is 1. The fourth-order valence-corrected chi connectivity index (χ4v) is 7.58. The number of hydrogen-bond donors (Lipinski definition) is 3. The lowest BCUT2D eigenvalue weighted by molar-refractivity contribution is -0.127. The van der Waals surface area contributed by atoms with Gasteiger partial charge in [0.15, 0.2) is 11.5 Å². The van der Waals surface area contributed by atoms with Crippen LogP contribution in [0.2, 0.25) is 10.0 Å². The van der Waals surface area contributed by atoms with E-state index in [-0.39, 0.29) is 18.7 Å². The van der Waals surface area contributed by atoms with E-state index in [9.17, 15) is 19.8 Å². The largest absolute Gasteiger partial charge is 0.420 e. The molecule has 0 spiro atoms. The fourth-order valence-electron chi connectivity index (χ4n) is 6.86. The third-order valence-electron chi connectivity index (χ3n) is 10.6. The molecule has 6 rings (SSSR count). The normalized spacial score (nSPS) is 13.1. The highest BCUT2D eigenvalue weighted by Gasteiger charge is 2.28. The van der Waals surface area contributed by atoms with E-state index in [0.29, 0.717) is 74.8 Å². The molecule has 0 radical (unpaired) electrons. The number of aliphatic hydroxyl groups is 2. The number of Topliss-reactive ketones (excluding diaryl/α,β-unsaturated/α-hetero) is 1. The molecule has 2 heterocycles. The van der Waals surface area contributed by atoms with E-state index < -0.39 is 30.0 Å². The number of amides is 1. The van der Waals surface area contributed by atoms with Crippen molar-refractivity contribution >= 4 is 71.1 Å². The van der Waals surface area contributed by atoms with Crippen molar-refractivity contribution in [1.29, 1.82) is 5.26 Å². The maximum Gasteiger partial charge on any atom is 0.247 e. The van der Waals surface area contributed by atoms with Crippen LogP contribution in [0.5, 0.6) is 0 Å². The Morgan fingerprint density at radius 1 is 0.836 bits per heavy atom. The minimum absolute atomic E-state index is 0.216. The van der Waals surface area contributed by atoms with Crippen LogP contribution in [0.4, 0.5) is 17.1 Å². The van der Waals surface area contributed by atoms with Gasteiger partial charge in [-0.05, 0) is 101 Å². The molecule has 1 saturated heterocycles. The van der Waals surface area contributed by atoms with Gasteiger partial charge in [0.1, 0.15) is 0 Å². The fraction of sp³-hybridized carbons (Fsp3) is 0.360. The molecule has 1 amide bonds. The number of ether oxygens (including phenoxy) is 1. The molecular formula is C50H52Cl2N7O6PS. The van der Waals surface area contributed by atoms with Crippen LogP contribution < -0.4 is 5.32 Å². The minimum Gasteiger partial charge on any atom is -0.420 e. The van der Waals surface area contributed by atoms with Gasteiger partial charge in [0.05, 0.1) is 72.0 Å². The molecule has 1 fully saturated rings. The Hall–Kier alpha value is -5.90. The molecule has 0 unspecified atom stereocenters. The molecule has 13 nitrogen and oxygen atoms in total. The second-order valence-corrected chi connectivity index (χ2v) is 17.3. The number of carbonyl (C=O) groups is 2. The zero-order valence-corrected chi connectivity index (χ0v) is 41.1. The molecule has 0 bridgehead atoms. The topological polar surface area (TPSA) is 172 Å². The number of rotatable bonds is 14. The van der Waals surface area contributed by atoms with Gasteiger partial charge in [-0.3, -0.25) is 9.59 Å². The molecule has 67 heavy (non-hydrogen) atoms. The van der Waals surface area contributed by atoms with Gasteiger partial charge >= 0.3 is 0 Å². The summed E-state index contributed by atoms with van der Waals surface area (Å²) in [5.74, 6) is -1.27. The number of halogens is 2. The van der Waals surface area contributed by atoms with Gasteiger partial charge in [-0.25, -0.2) is 14.5 Å². The highest BCUT2D eigenvalue weighted by Crippen LogP contribution is 2.36. The molecule has 5 aromatic rings. The highest BCUT2D eigenvalue weighted by molar-refractivity contribution is 7.96. The number of hydrogen-bond acceptors (Lipinski definition) is 10. The Morgan fingerprint density at radius 3 is 1.81 bits per heavy atom. The van der Waals surface area contributed by atoms with Crippen molar-refractivity contribution in [2.75, 3.05) is 26.4 Å². The van der Waals surface area contributed by atoms with Gasteiger partial charge in [-0.2, -0.15) is 5.26 Å². The number of aliphatic hydroxyl groups excluding tert-OH is 2. The maximum atomic E-state index is 12.7. The summed E-state index contributed by atoms with van der Waals surface area (Å²) in [6.07, 6.45) is 2.83. The van der Waals surface area contributed by atoms with E-state index in [2.05, 4.69) is 41.9 Å². The lowest BCUT2D eigenvalue weighted by Crippen LogP contribution is -2.40. The van der Waals surface area contributed by atoms with E-state index in [1.54, 1.807) is 49.4 Å². The van der Waals surface area contributed by atoms with E-state index in [4.69, 9.17) is 57.3 Å². The van der Waals surface area contributed by atoms with E-state index in [1.807, 2.05) is 32.6 Å². The number of carbonyl (C=O) groups excluding carboxylic acids is 2. The SMILES string of the molecule is C1CCOC1.CP=S.[C-]#[N+]c1ccc(-c2nnc([C@H](Cc3ccc([N+]#[C-])c(Cl)c3CC)[C@H](C)O)o2)cc1.[C-]#[N+]c1ccc(C[C@@H](C(=O)NCC(=O)c2ccc(C#N)cc2)[C@H](C)O)c(CC)c1Cl. The van der Waals surface area contributed by atoms with Crippen LogP contribution in [-0.4, -0.2) is 70.7 Å². The van der Waals surface area contributed by atoms with Crippen LogP contribution in [0, 0.1) is 37.0 Å². The summed E-state index contributed by atoms with van der Waals surface area (Å²) in [4.78, 5) is 35.2. The first kappa shape index (κ1) is 55.4. The van der Waals surface area contributed by atoms with Crippen LogP contribution in [0.3, 0.4) is 0 Å². The standard InChI is InChI=1S/C23H22ClN3O3.C22H19ClN4O2.C4H8O.CH3PS/c1-4-18-17(9-10-20(26-3)22(18)24)11-19(14(2)28)23(30)27-13-21(29)16-7-5-15(12-25)6-8-16;1-5-17-15(8-11-19(25-4)20(17)23)12-18(13(2)28)22-27-26-21(29-22)14-6-9-16(24-3)10-7-14;1-2-4-5-3-1;1-2-3/h5-10,14,19,28H,4,11,13H2,1-2H3,(H,27,30);6-11,13,18,28H,5,12H2,1-2H3;1-4H2;1H3/t14-,19+;13-,18+;;/m00../s1. The zero-order chi connectivity index (χ0) is 49.5.